The maximum absolute atomic E-state index is 11.9. The Bertz CT molecular complexity index is 589. The third kappa shape index (κ3) is 5.26. The maximum atomic E-state index is 11.9. The summed E-state index contributed by atoms with van der Waals surface area (Å²) < 4.78 is 1.20. The largest absolute Gasteiger partial charge is 0.328 e. The summed E-state index contributed by atoms with van der Waals surface area (Å²) in [6.07, 6.45) is 9.56. The Morgan fingerprint density at radius 1 is 1.40 bits per heavy atom. The lowest BCUT2D eigenvalue weighted by Crippen LogP contribution is -2.36. The van der Waals surface area contributed by atoms with Crippen molar-refractivity contribution in [1.29, 1.82) is 0 Å². The van der Waals surface area contributed by atoms with Gasteiger partial charge in [0, 0.05) is 11.8 Å². The fourth-order valence-electron chi connectivity index (χ4n) is 1.58. The van der Waals surface area contributed by atoms with Gasteiger partial charge in [0.2, 0.25) is 0 Å². The summed E-state index contributed by atoms with van der Waals surface area (Å²) in [7, 11) is 0. The number of nitrogens with one attached hydrogen (secondary N) is 1. The molecule has 0 aromatic carbocycles. The SMILES string of the molecule is C=C/C=C\C(=C/CC)Cn1c(=O)[nH]cc(C)c1=O.CC. The van der Waals surface area contributed by atoms with Crippen molar-refractivity contribution in [2.75, 3.05) is 0 Å². The molecular formula is C16H24N2O2. The van der Waals surface area contributed by atoms with Crippen molar-refractivity contribution < 1.29 is 0 Å². The highest BCUT2D eigenvalue weighted by molar-refractivity contribution is 5.21. The van der Waals surface area contributed by atoms with E-state index in [9.17, 15) is 9.59 Å². The molecule has 0 saturated heterocycles. The van der Waals surface area contributed by atoms with Gasteiger partial charge in [0.1, 0.15) is 0 Å². The number of rotatable bonds is 5. The van der Waals surface area contributed by atoms with Crippen molar-refractivity contribution in [3.05, 3.63) is 69.1 Å². The van der Waals surface area contributed by atoms with Crippen LogP contribution in [0.25, 0.3) is 0 Å². The molecule has 1 heterocycles. The van der Waals surface area contributed by atoms with Crippen LogP contribution in [0.3, 0.4) is 0 Å². The Hall–Kier alpha value is -2.10. The minimum atomic E-state index is -0.389. The third-order valence-corrected chi connectivity index (χ3v) is 2.49. The molecule has 20 heavy (non-hydrogen) atoms. The van der Waals surface area contributed by atoms with Crippen LogP contribution in [0.1, 0.15) is 32.8 Å². The summed E-state index contributed by atoms with van der Waals surface area (Å²) in [4.78, 5) is 26.1. The van der Waals surface area contributed by atoms with Gasteiger partial charge in [0.25, 0.3) is 5.56 Å². The van der Waals surface area contributed by atoms with Gasteiger partial charge in [-0.2, -0.15) is 0 Å². The third-order valence-electron chi connectivity index (χ3n) is 2.49. The molecule has 0 fully saturated rings. The predicted molar refractivity (Wildman–Crippen MR) is 85.1 cm³/mol. The first-order valence-corrected chi connectivity index (χ1v) is 6.87. The fraction of sp³-hybridized carbons (Fsp3) is 0.375. The molecule has 1 rings (SSSR count). The predicted octanol–water partition coefficient (Wildman–Crippen LogP) is 2.95. The van der Waals surface area contributed by atoms with E-state index in [0.29, 0.717) is 5.56 Å². The van der Waals surface area contributed by atoms with Gasteiger partial charge in [-0.25, -0.2) is 4.79 Å². The molecule has 1 N–H and O–H groups in total. The quantitative estimate of drug-likeness (QED) is 0.841. The van der Waals surface area contributed by atoms with E-state index in [1.807, 2.05) is 32.9 Å². The van der Waals surface area contributed by atoms with Gasteiger partial charge in [0.05, 0.1) is 6.54 Å². The molecule has 0 aliphatic rings. The standard InChI is InChI=1S/C14H18N2O2.C2H6/c1-4-6-8-12(7-5-2)10-16-13(17)11(3)9-15-14(16)18;1-2/h4,6-9H,1,5,10H2,2-3H3,(H,15,18);1-2H3/b8-6-,12-7+;. The van der Waals surface area contributed by atoms with Gasteiger partial charge in [-0.15, -0.1) is 0 Å². The van der Waals surface area contributed by atoms with E-state index in [0.717, 1.165) is 12.0 Å². The molecule has 110 valence electrons. The summed E-state index contributed by atoms with van der Waals surface area (Å²) in [5.41, 5.74) is 0.793. The Kier molecular flexibility index (Phi) is 8.75. The number of aryl methyl sites for hydroxylation is 1. The van der Waals surface area contributed by atoms with E-state index in [2.05, 4.69) is 11.6 Å². The van der Waals surface area contributed by atoms with Crippen LogP contribution in [0.4, 0.5) is 0 Å². The van der Waals surface area contributed by atoms with E-state index in [1.165, 1.54) is 10.8 Å². The summed E-state index contributed by atoms with van der Waals surface area (Å²) >= 11 is 0. The lowest BCUT2D eigenvalue weighted by molar-refractivity contribution is 0.689. The summed E-state index contributed by atoms with van der Waals surface area (Å²) in [6.45, 7) is 11.6. The first-order chi connectivity index (χ1) is 9.60. The van der Waals surface area contributed by atoms with Crippen LogP contribution in [0, 0.1) is 6.92 Å². The first kappa shape index (κ1) is 17.9. The number of hydrogen-bond acceptors (Lipinski definition) is 2. The Balaban J connectivity index is 0.00000172. The molecule has 0 radical (unpaired) electrons. The minimum Gasteiger partial charge on any atom is -0.314 e. The van der Waals surface area contributed by atoms with Gasteiger partial charge < -0.3 is 4.98 Å². The van der Waals surface area contributed by atoms with Gasteiger partial charge >= 0.3 is 5.69 Å². The molecule has 0 unspecified atom stereocenters. The molecule has 4 nitrogen and oxygen atoms in total. The highest BCUT2D eigenvalue weighted by Gasteiger charge is 2.04. The van der Waals surface area contributed by atoms with E-state index < -0.39 is 0 Å². The molecule has 0 bridgehead atoms. The summed E-state index contributed by atoms with van der Waals surface area (Å²) in [5.74, 6) is 0. The monoisotopic (exact) mass is 276 g/mol. The second-order valence-electron chi connectivity index (χ2n) is 3.95. The fourth-order valence-corrected chi connectivity index (χ4v) is 1.58. The zero-order valence-electron chi connectivity index (χ0n) is 12.8. The summed E-state index contributed by atoms with van der Waals surface area (Å²) in [6, 6.07) is 0. The Morgan fingerprint density at radius 3 is 2.60 bits per heavy atom. The second kappa shape index (κ2) is 9.78. The molecule has 4 heteroatoms. The lowest BCUT2D eigenvalue weighted by Gasteiger charge is -2.06. The van der Waals surface area contributed by atoms with Crippen molar-refractivity contribution in [2.45, 2.75) is 40.7 Å². The molecule has 0 atom stereocenters. The second-order valence-corrected chi connectivity index (χ2v) is 3.95. The topological polar surface area (TPSA) is 54.9 Å². The first-order valence-electron chi connectivity index (χ1n) is 6.87. The van der Waals surface area contributed by atoms with Crippen LogP contribution in [0.2, 0.25) is 0 Å². The van der Waals surface area contributed by atoms with Crippen LogP contribution in [0.5, 0.6) is 0 Å². The molecule has 1 aromatic heterocycles. The van der Waals surface area contributed by atoms with E-state index >= 15 is 0 Å². The van der Waals surface area contributed by atoms with Gasteiger partial charge in [-0.05, 0) is 18.9 Å². The molecule has 0 aliphatic carbocycles. The van der Waals surface area contributed by atoms with Crippen LogP contribution < -0.4 is 11.2 Å². The van der Waals surface area contributed by atoms with Crippen LogP contribution in [-0.4, -0.2) is 9.55 Å². The number of hydrogen-bond donors (Lipinski definition) is 1. The Labute approximate surface area is 120 Å². The minimum absolute atomic E-state index is 0.257. The van der Waals surface area contributed by atoms with E-state index in [-0.39, 0.29) is 17.8 Å². The zero-order valence-corrected chi connectivity index (χ0v) is 12.8. The molecule has 0 aliphatic heterocycles. The van der Waals surface area contributed by atoms with E-state index in [1.54, 1.807) is 19.1 Å². The average Bonchev–Trinajstić information content (AvgIpc) is 2.47. The number of aromatic nitrogens is 2. The van der Waals surface area contributed by atoms with Crippen LogP contribution >= 0.6 is 0 Å². The molecule has 1 aromatic rings. The van der Waals surface area contributed by atoms with Gasteiger partial charge in [-0.3, -0.25) is 9.36 Å². The Morgan fingerprint density at radius 2 is 2.05 bits per heavy atom. The van der Waals surface area contributed by atoms with Crippen molar-refractivity contribution in [2.24, 2.45) is 0 Å². The number of nitrogens with zero attached hydrogens (tertiary/aromatic N) is 1. The average molecular weight is 276 g/mol. The highest BCUT2D eigenvalue weighted by atomic mass is 16.2. The van der Waals surface area contributed by atoms with E-state index in [4.69, 9.17) is 0 Å². The number of aromatic amines is 1. The number of allylic oxidation sites excluding steroid dienone is 5. The molecule has 0 spiro atoms. The van der Waals surface area contributed by atoms with Gasteiger partial charge in [-0.1, -0.05) is 51.7 Å². The highest BCUT2D eigenvalue weighted by Crippen LogP contribution is 2.01. The van der Waals surface area contributed by atoms with Crippen molar-refractivity contribution in [3.8, 4) is 0 Å². The molecule has 0 saturated carbocycles. The molecular weight excluding hydrogens is 252 g/mol. The van der Waals surface area contributed by atoms with Crippen LogP contribution in [0.15, 0.2) is 52.2 Å². The van der Waals surface area contributed by atoms with Gasteiger partial charge in [0.15, 0.2) is 0 Å². The smallest absolute Gasteiger partial charge is 0.314 e. The summed E-state index contributed by atoms with van der Waals surface area (Å²) in [5, 5.41) is 0. The lowest BCUT2D eigenvalue weighted by atomic mass is 10.2. The normalized spacial score (nSPS) is 11.1. The van der Waals surface area contributed by atoms with Crippen molar-refractivity contribution in [3.63, 3.8) is 0 Å². The zero-order chi connectivity index (χ0) is 15.5. The van der Waals surface area contributed by atoms with Crippen molar-refractivity contribution >= 4 is 0 Å². The van der Waals surface area contributed by atoms with Crippen LogP contribution in [-0.2, 0) is 6.54 Å². The molecule has 0 amide bonds. The van der Waals surface area contributed by atoms with Crippen molar-refractivity contribution in [1.82, 2.24) is 9.55 Å². The number of H-pyrrole nitrogens is 1. The maximum Gasteiger partial charge on any atom is 0.328 e.